The smallest absolute Gasteiger partial charge is 0.321 e. The van der Waals surface area contributed by atoms with Gasteiger partial charge < -0.3 is 24.8 Å². The van der Waals surface area contributed by atoms with Gasteiger partial charge in [-0.25, -0.2) is 9.78 Å². The van der Waals surface area contributed by atoms with Crippen LogP contribution < -0.4 is 15.4 Å². The first-order chi connectivity index (χ1) is 14.2. The lowest BCUT2D eigenvalue weighted by molar-refractivity contribution is 0.219. The average Bonchev–Trinajstić information content (AvgIpc) is 3.02. The number of aromatic nitrogens is 2. The Morgan fingerprint density at radius 3 is 3.00 bits per heavy atom. The molecule has 2 heterocycles. The van der Waals surface area contributed by atoms with Crippen molar-refractivity contribution in [1.29, 1.82) is 0 Å². The van der Waals surface area contributed by atoms with E-state index in [4.69, 9.17) is 4.74 Å². The summed E-state index contributed by atoms with van der Waals surface area (Å²) in [6.45, 7) is 3.34. The fourth-order valence-corrected chi connectivity index (χ4v) is 3.29. The molecule has 0 atom stereocenters. The van der Waals surface area contributed by atoms with E-state index in [1.54, 1.807) is 18.1 Å². The molecule has 1 aromatic heterocycles. The number of fused-ring (bicyclic) bond motifs is 1. The third-order valence-corrected chi connectivity index (χ3v) is 4.89. The minimum Gasteiger partial charge on any atom is -0.492 e. The minimum absolute atomic E-state index is 0.189. The number of nitrogens with one attached hydrogen (secondary N) is 2. The van der Waals surface area contributed by atoms with Crippen molar-refractivity contribution in [2.75, 3.05) is 25.5 Å². The predicted molar refractivity (Wildman–Crippen MR) is 112 cm³/mol. The number of ether oxygens (including phenoxy) is 1. The topological polar surface area (TPSA) is 71.4 Å². The zero-order valence-electron chi connectivity index (χ0n) is 16.5. The van der Waals surface area contributed by atoms with Crippen LogP contribution in [0.25, 0.3) is 0 Å². The van der Waals surface area contributed by atoms with Crippen LogP contribution in [-0.4, -0.2) is 40.7 Å². The summed E-state index contributed by atoms with van der Waals surface area (Å²) < 4.78 is 7.81. The van der Waals surface area contributed by atoms with Crippen molar-refractivity contribution in [2.45, 2.75) is 19.6 Å². The maximum Gasteiger partial charge on any atom is 0.321 e. The standard InChI is InChI=1S/C22H25N5O2/c1-26(16-21-24-9-11-27(21)15-17-5-3-2-4-6-17)22(28)25-19-8-7-18-14-23-10-12-29-20(18)13-19/h2-9,11,13,23H,10,12,14-16H2,1H3,(H,25,28). The van der Waals surface area contributed by atoms with Crippen molar-refractivity contribution in [1.82, 2.24) is 19.8 Å². The van der Waals surface area contributed by atoms with Crippen LogP contribution in [0.1, 0.15) is 17.0 Å². The van der Waals surface area contributed by atoms with E-state index in [1.165, 1.54) is 5.56 Å². The molecule has 7 nitrogen and oxygen atoms in total. The first-order valence-electron chi connectivity index (χ1n) is 9.71. The molecule has 150 valence electrons. The molecule has 0 aliphatic carbocycles. The number of nitrogens with zero attached hydrogens (tertiary/aromatic N) is 3. The van der Waals surface area contributed by atoms with Crippen LogP contribution >= 0.6 is 0 Å². The Morgan fingerprint density at radius 1 is 1.28 bits per heavy atom. The van der Waals surface area contributed by atoms with Crippen molar-refractivity contribution < 1.29 is 9.53 Å². The molecule has 3 aromatic rings. The molecular weight excluding hydrogens is 366 g/mol. The van der Waals surface area contributed by atoms with Gasteiger partial charge in [-0.1, -0.05) is 36.4 Å². The fourth-order valence-electron chi connectivity index (χ4n) is 3.29. The van der Waals surface area contributed by atoms with E-state index in [2.05, 4.69) is 32.3 Å². The molecule has 29 heavy (non-hydrogen) atoms. The monoisotopic (exact) mass is 391 g/mol. The van der Waals surface area contributed by atoms with Crippen LogP contribution in [0.4, 0.5) is 10.5 Å². The second-order valence-electron chi connectivity index (χ2n) is 7.09. The predicted octanol–water partition coefficient (Wildman–Crippen LogP) is 3.08. The first kappa shape index (κ1) is 19.0. The number of urea groups is 1. The van der Waals surface area contributed by atoms with Crippen LogP contribution in [0, 0.1) is 0 Å². The highest BCUT2D eigenvalue weighted by atomic mass is 16.5. The van der Waals surface area contributed by atoms with E-state index >= 15 is 0 Å². The molecular formula is C22H25N5O2. The van der Waals surface area contributed by atoms with Gasteiger partial charge in [-0.05, 0) is 11.6 Å². The van der Waals surface area contributed by atoms with Gasteiger partial charge >= 0.3 is 6.03 Å². The lowest BCUT2D eigenvalue weighted by atomic mass is 10.2. The average molecular weight is 391 g/mol. The van der Waals surface area contributed by atoms with Gasteiger partial charge in [0, 0.05) is 56.4 Å². The molecule has 0 saturated carbocycles. The van der Waals surface area contributed by atoms with Crippen LogP contribution in [0.15, 0.2) is 60.9 Å². The highest BCUT2D eigenvalue weighted by Gasteiger charge is 2.15. The summed E-state index contributed by atoms with van der Waals surface area (Å²) in [4.78, 5) is 18.7. The van der Waals surface area contributed by atoms with Crippen LogP contribution in [0.3, 0.4) is 0 Å². The highest BCUT2D eigenvalue weighted by molar-refractivity contribution is 5.89. The van der Waals surface area contributed by atoms with Gasteiger partial charge in [-0.2, -0.15) is 0 Å². The molecule has 2 amide bonds. The molecule has 1 aliphatic rings. The highest BCUT2D eigenvalue weighted by Crippen LogP contribution is 2.25. The fraction of sp³-hybridized carbons (Fsp3) is 0.273. The maximum absolute atomic E-state index is 12.7. The lowest BCUT2D eigenvalue weighted by Crippen LogP contribution is -2.32. The van der Waals surface area contributed by atoms with Gasteiger partial charge in [-0.3, -0.25) is 0 Å². The zero-order valence-corrected chi connectivity index (χ0v) is 16.5. The second kappa shape index (κ2) is 8.79. The molecule has 0 fully saturated rings. The number of carbonyl (C=O) groups is 1. The van der Waals surface area contributed by atoms with Crippen LogP contribution in [0.2, 0.25) is 0 Å². The quantitative estimate of drug-likeness (QED) is 0.701. The first-order valence-corrected chi connectivity index (χ1v) is 9.71. The van der Waals surface area contributed by atoms with Gasteiger partial charge in [0.25, 0.3) is 0 Å². The lowest BCUT2D eigenvalue weighted by Gasteiger charge is -2.19. The molecule has 2 aromatic carbocycles. The normalized spacial score (nSPS) is 13.1. The molecule has 2 N–H and O–H groups in total. The number of hydrogen-bond acceptors (Lipinski definition) is 4. The summed E-state index contributed by atoms with van der Waals surface area (Å²) in [5, 5.41) is 6.24. The Morgan fingerprint density at radius 2 is 2.14 bits per heavy atom. The number of carbonyl (C=O) groups excluding carboxylic acids is 1. The largest absolute Gasteiger partial charge is 0.492 e. The molecule has 1 aliphatic heterocycles. The van der Waals surface area contributed by atoms with Crippen molar-refractivity contribution in [3.63, 3.8) is 0 Å². The van der Waals surface area contributed by atoms with E-state index in [9.17, 15) is 4.79 Å². The number of amides is 2. The summed E-state index contributed by atoms with van der Waals surface area (Å²) in [6, 6.07) is 15.8. The van der Waals surface area contributed by atoms with Crippen molar-refractivity contribution in [3.8, 4) is 5.75 Å². The molecule has 7 heteroatoms. The van der Waals surface area contributed by atoms with E-state index in [-0.39, 0.29) is 6.03 Å². The number of rotatable bonds is 5. The van der Waals surface area contributed by atoms with E-state index in [1.807, 2.05) is 42.6 Å². The van der Waals surface area contributed by atoms with Gasteiger partial charge in [0.05, 0.1) is 6.54 Å². The molecule has 0 radical (unpaired) electrons. The van der Waals surface area contributed by atoms with Gasteiger partial charge in [0.2, 0.25) is 0 Å². The Kier molecular flexibility index (Phi) is 5.76. The third-order valence-electron chi connectivity index (χ3n) is 4.89. The Balaban J connectivity index is 1.39. The Hall–Kier alpha value is -3.32. The second-order valence-corrected chi connectivity index (χ2v) is 7.09. The van der Waals surface area contributed by atoms with Crippen molar-refractivity contribution in [3.05, 3.63) is 77.9 Å². The van der Waals surface area contributed by atoms with Crippen LogP contribution in [0.5, 0.6) is 5.75 Å². The van der Waals surface area contributed by atoms with Gasteiger partial charge in [-0.15, -0.1) is 0 Å². The van der Waals surface area contributed by atoms with E-state index < -0.39 is 0 Å². The Labute approximate surface area is 170 Å². The van der Waals surface area contributed by atoms with Crippen LogP contribution in [-0.2, 0) is 19.6 Å². The number of hydrogen-bond donors (Lipinski definition) is 2. The molecule has 4 rings (SSSR count). The molecule has 0 unspecified atom stereocenters. The number of imidazole rings is 1. The van der Waals surface area contributed by atoms with E-state index in [0.29, 0.717) is 13.2 Å². The summed E-state index contributed by atoms with van der Waals surface area (Å²) in [5.41, 5.74) is 3.00. The molecule has 0 bridgehead atoms. The van der Waals surface area contributed by atoms with Gasteiger partial charge in [0.1, 0.15) is 18.2 Å². The van der Waals surface area contributed by atoms with Crippen molar-refractivity contribution in [2.24, 2.45) is 0 Å². The third kappa shape index (κ3) is 4.75. The summed E-state index contributed by atoms with van der Waals surface area (Å²) in [7, 11) is 1.76. The maximum atomic E-state index is 12.7. The van der Waals surface area contributed by atoms with E-state index in [0.717, 1.165) is 42.5 Å². The summed E-state index contributed by atoms with van der Waals surface area (Å²) in [5.74, 6) is 1.65. The van der Waals surface area contributed by atoms with Crippen molar-refractivity contribution >= 4 is 11.7 Å². The minimum atomic E-state index is -0.189. The summed E-state index contributed by atoms with van der Waals surface area (Å²) >= 11 is 0. The number of anilines is 1. The zero-order chi connectivity index (χ0) is 20.1. The van der Waals surface area contributed by atoms with Gasteiger partial charge in [0.15, 0.2) is 0 Å². The SMILES string of the molecule is CN(Cc1nccn1Cc1ccccc1)C(=O)Nc1ccc2c(c1)OCCNC2. The number of benzene rings is 2. The molecule has 0 saturated heterocycles. The summed E-state index contributed by atoms with van der Waals surface area (Å²) in [6.07, 6.45) is 3.70. The Bertz CT molecular complexity index is 970. The molecule has 0 spiro atoms.